The Morgan fingerprint density at radius 3 is 2.41 bits per heavy atom. The summed E-state index contributed by atoms with van der Waals surface area (Å²) in [6, 6.07) is 5.89. The largest absolute Gasteiger partial charge is 0.238 e. The number of benzene rings is 1. The van der Waals surface area contributed by atoms with Gasteiger partial charge in [-0.2, -0.15) is 0 Å². The molecule has 0 spiro atoms. The lowest BCUT2D eigenvalue weighted by molar-refractivity contribution is 0.618. The molecule has 0 saturated carbocycles. The average molecular weight is 254 g/mol. The average Bonchev–Trinajstić information content (AvgIpc) is 2.27. The Kier molecular flexibility index (Phi) is 3.11. The minimum atomic E-state index is -0.645. The van der Waals surface area contributed by atoms with Gasteiger partial charge in [0.15, 0.2) is 11.0 Å². The molecule has 0 N–H and O–H groups in total. The number of hydrogen-bond acceptors (Lipinski definition) is 1. The van der Waals surface area contributed by atoms with Crippen LogP contribution in [-0.4, -0.2) is 4.98 Å². The van der Waals surface area contributed by atoms with E-state index >= 15 is 0 Å². The molecule has 1 aromatic carbocycles. The SMILES string of the molecule is Cc1ccc(F)c(-c2cc(F)c(Cl)nc2C)c1. The predicted octanol–water partition coefficient (Wildman–Crippen LogP) is 4.30. The lowest BCUT2D eigenvalue weighted by Crippen LogP contribution is -1.94. The summed E-state index contributed by atoms with van der Waals surface area (Å²) in [5, 5.41) is -0.195. The van der Waals surface area contributed by atoms with E-state index in [-0.39, 0.29) is 5.15 Å². The molecule has 88 valence electrons. The number of aryl methyl sites for hydroxylation is 2. The molecule has 0 aliphatic rings. The number of rotatable bonds is 1. The summed E-state index contributed by atoms with van der Waals surface area (Å²) >= 11 is 5.56. The molecule has 1 nitrogen and oxygen atoms in total. The van der Waals surface area contributed by atoms with Gasteiger partial charge in [-0.05, 0) is 32.0 Å². The van der Waals surface area contributed by atoms with E-state index in [9.17, 15) is 8.78 Å². The Hall–Kier alpha value is -1.48. The van der Waals surface area contributed by atoms with Crippen LogP contribution in [0.3, 0.4) is 0 Å². The molecule has 2 aromatic rings. The lowest BCUT2D eigenvalue weighted by atomic mass is 10.0. The van der Waals surface area contributed by atoms with Gasteiger partial charge in [0, 0.05) is 16.8 Å². The van der Waals surface area contributed by atoms with Gasteiger partial charge in [0.1, 0.15) is 5.82 Å². The number of aromatic nitrogens is 1. The van der Waals surface area contributed by atoms with Crippen LogP contribution in [0.1, 0.15) is 11.3 Å². The summed E-state index contributed by atoms with van der Waals surface area (Å²) in [7, 11) is 0. The second-order valence-electron chi connectivity index (χ2n) is 3.88. The van der Waals surface area contributed by atoms with E-state index in [1.807, 2.05) is 6.92 Å². The maximum Gasteiger partial charge on any atom is 0.165 e. The first-order chi connectivity index (χ1) is 7.99. The fourth-order valence-corrected chi connectivity index (χ4v) is 1.85. The Morgan fingerprint density at radius 1 is 1.00 bits per heavy atom. The maximum atomic E-state index is 13.7. The smallest absolute Gasteiger partial charge is 0.165 e. The molecule has 2 rings (SSSR count). The molecule has 1 aromatic heterocycles. The summed E-state index contributed by atoms with van der Waals surface area (Å²) < 4.78 is 27.0. The molecule has 17 heavy (non-hydrogen) atoms. The van der Waals surface area contributed by atoms with Gasteiger partial charge in [-0.15, -0.1) is 0 Å². The second-order valence-corrected chi connectivity index (χ2v) is 4.24. The number of hydrogen-bond donors (Lipinski definition) is 0. The van der Waals surface area contributed by atoms with Crippen molar-refractivity contribution in [1.82, 2.24) is 4.98 Å². The molecule has 0 radical (unpaired) electrons. The predicted molar refractivity (Wildman–Crippen MR) is 64.1 cm³/mol. The van der Waals surface area contributed by atoms with Crippen molar-refractivity contribution in [2.75, 3.05) is 0 Å². The normalized spacial score (nSPS) is 10.6. The fraction of sp³-hybridized carbons (Fsp3) is 0.154. The molecule has 0 aliphatic heterocycles. The minimum absolute atomic E-state index is 0.195. The Labute approximate surface area is 103 Å². The third-order valence-electron chi connectivity index (χ3n) is 2.54. The van der Waals surface area contributed by atoms with Crippen LogP contribution in [0.4, 0.5) is 8.78 Å². The molecule has 0 unspecified atom stereocenters. The second kappa shape index (κ2) is 4.41. The highest BCUT2D eigenvalue weighted by Gasteiger charge is 2.12. The molecule has 1 heterocycles. The van der Waals surface area contributed by atoms with E-state index in [4.69, 9.17) is 11.6 Å². The first-order valence-corrected chi connectivity index (χ1v) is 5.46. The van der Waals surface area contributed by atoms with Crippen LogP contribution in [0.2, 0.25) is 5.15 Å². The van der Waals surface area contributed by atoms with E-state index < -0.39 is 11.6 Å². The van der Waals surface area contributed by atoms with E-state index in [0.29, 0.717) is 16.8 Å². The number of pyridine rings is 1. The molecule has 0 saturated heterocycles. The molecule has 0 amide bonds. The monoisotopic (exact) mass is 253 g/mol. The van der Waals surface area contributed by atoms with Crippen LogP contribution in [-0.2, 0) is 0 Å². The highest BCUT2D eigenvalue weighted by atomic mass is 35.5. The Bertz CT molecular complexity index is 582. The molecule has 4 heteroatoms. The van der Waals surface area contributed by atoms with Crippen molar-refractivity contribution in [3.8, 4) is 11.1 Å². The summed E-state index contributed by atoms with van der Waals surface area (Å²) in [5.74, 6) is -1.05. The molecule has 0 bridgehead atoms. The maximum absolute atomic E-state index is 13.7. The van der Waals surface area contributed by atoms with Crippen molar-refractivity contribution in [2.45, 2.75) is 13.8 Å². The zero-order valence-electron chi connectivity index (χ0n) is 9.39. The Balaban J connectivity index is 2.68. The van der Waals surface area contributed by atoms with Gasteiger partial charge in [0.05, 0.1) is 0 Å². The van der Waals surface area contributed by atoms with E-state index in [1.165, 1.54) is 12.1 Å². The quantitative estimate of drug-likeness (QED) is 0.691. The summed E-state index contributed by atoms with van der Waals surface area (Å²) in [6.07, 6.45) is 0. The standard InChI is InChI=1S/C13H10ClF2N/c1-7-3-4-11(15)10(5-7)9-6-12(16)13(14)17-8(9)2/h3-6H,1-2H3. The van der Waals surface area contributed by atoms with Gasteiger partial charge < -0.3 is 0 Å². The third-order valence-corrected chi connectivity index (χ3v) is 2.80. The third kappa shape index (κ3) is 2.29. The van der Waals surface area contributed by atoms with Gasteiger partial charge in [0.25, 0.3) is 0 Å². The van der Waals surface area contributed by atoms with Crippen molar-refractivity contribution in [3.05, 3.63) is 52.3 Å². The van der Waals surface area contributed by atoms with E-state index in [1.54, 1.807) is 19.1 Å². The number of nitrogens with zero attached hydrogens (tertiary/aromatic N) is 1. The van der Waals surface area contributed by atoms with Crippen molar-refractivity contribution in [3.63, 3.8) is 0 Å². The molecule has 0 atom stereocenters. The van der Waals surface area contributed by atoms with Crippen LogP contribution < -0.4 is 0 Å². The van der Waals surface area contributed by atoms with Crippen molar-refractivity contribution >= 4 is 11.6 Å². The molecule has 0 fully saturated rings. The topological polar surface area (TPSA) is 12.9 Å². The van der Waals surface area contributed by atoms with Crippen molar-refractivity contribution < 1.29 is 8.78 Å². The first-order valence-electron chi connectivity index (χ1n) is 5.08. The molecular weight excluding hydrogens is 244 g/mol. The van der Waals surface area contributed by atoms with Crippen molar-refractivity contribution in [2.24, 2.45) is 0 Å². The van der Waals surface area contributed by atoms with Gasteiger partial charge in [-0.1, -0.05) is 23.2 Å². The van der Waals surface area contributed by atoms with E-state index in [0.717, 1.165) is 5.56 Å². The lowest BCUT2D eigenvalue weighted by Gasteiger charge is -2.08. The van der Waals surface area contributed by atoms with Gasteiger partial charge >= 0.3 is 0 Å². The fourth-order valence-electron chi connectivity index (χ4n) is 1.67. The van der Waals surface area contributed by atoms with Gasteiger partial charge in [-0.25, -0.2) is 13.8 Å². The first kappa shape index (κ1) is 12.0. The Morgan fingerprint density at radius 2 is 1.71 bits per heavy atom. The summed E-state index contributed by atoms with van der Waals surface area (Å²) in [6.45, 7) is 3.51. The zero-order chi connectivity index (χ0) is 12.6. The number of halogens is 3. The van der Waals surface area contributed by atoms with Crippen molar-refractivity contribution in [1.29, 1.82) is 0 Å². The van der Waals surface area contributed by atoms with Gasteiger partial charge in [0.2, 0.25) is 0 Å². The van der Waals surface area contributed by atoms with Gasteiger partial charge in [-0.3, -0.25) is 0 Å². The molecule has 0 aliphatic carbocycles. The van der Waals surface area contributed by atoms with Crippen LogP contribution in [0.5, 0.6) is 0 Å². The summed E-state index contributed by atoms with van der Waals surface area (Å²) in [5.41, 5.74) is 2.16. The van der Waals surface area contributed by atoms with Crippen LogP contribution >= 0.6 is 11.6 Å². The highest BCUT2D eigenvalue weighted by Crippen LogP contribution is 2.28. The molecular formula is C13H10ClF2N. The van der Waals surface area contributed by atoms with Crippen LogP contribution in [0, 0.1) is 25.5 Å². The summed E-state index contributed by atoms with van der Waals surface area (Å²) in [4.78, 5) is 3.84. The highest BCUT2D eigenvalue weighted by molar-refractivity contribution is 6.29. The zero-order valence-corrected chi connectivity index (χ0v) is 10.1. The van der Waals surface area contributed by atoms with E-state index in [2.05, 4.69) is 4.98 Å². The van der Waals surface area contributed by atoms with Crippen LogP contribution in [0.25, 0.3) is 11.1 Å². The minimum Gasteiger partial charge on any atom is -0.238 e. The van der Waals surface area contributed by atoms with Crippen LogP contribution in [0.15, 0.2) is 24.3 Å².